The number of ketones is 3. The van der Waals surface area contributed by atoms with E-state index in [1.807, 2.05) is 48.5 Å². The average Bonchev–Trinajstić information content (AvgIpc) is 1.21. The molecule has 4 saturated carbocycles. The van der Waals surface area contributed by atoms with Crippen LogP contribution in [0.3, 0.4) is 0 Å². The summed E-state index contributed by atoms with van der Waals surface area (Å²) in [5.41, 5.74) is 24.7. The Kier molecular flexibility index (Phi) is 24.7. The molecule has 0 radical (unpaired) electrons. The second-order valence-electron chi connectivity index (χ2n) is 26.5. The van der Waals surface area contributed by atoms with Crippen LogP contribution in [0.2, 0.25) is 0 Å². The van der Waals surface area contributed by atoms with Gasteiger partial charge in [0.1, 0.15) is 36.5 Å². The van der Waals surface area contributed by atoms with Crippen LogP contribution in [0, 0.1) is 60.7 Å². The molecule has 18 heteroatoms. The number of hydrogen-bond donors (Lipinski definition) is 6. The molecule has 1 aromatic heterocycles. The fourth-order valence-electron chi connectivity index (χ4n) is 15.1. The monoisotopic (exact) mass is 1260 g/mol. The van der Waals surface area contributed by atoms with Crippen LogP contribution in [0.25, 0.3) is 22.5 Å². The molecule has 0 spiro atoms. The molecule has 2 heterocycles. The Morgan fingerprint density at radius 1 is 0.717 bits per heavy atom. The van der Waals surface area contributed by atoms with Crippen LogP contribution in [-0.2, 0) is 38.4 Å². The molecule has 4 bridgehead atoms. The lowest BCUT2D eigenvalue weighted by Crippen LogP contribution is -2.46. The first-order chi connectivity index (χ1) is 44.4. The molecular formula is C74H96N8O10. The lowest BCUT2D eigenvalue weighted by molar-refractivity contribution is -0.142. The minimum Gasteiger partial charge on any atom is -0.492 e. The fourth-order valence-corrected chi connectivity index (χ4v) is 15.1. The minimum absolute atomic E-state index is 0.0326. The van der Waals surface area contributed by atoms with Crippen molar-refractivity contribution in [3.05, 3.63) is 124 Å². The van der Waals surface area contributed by atoms with Crippen molar-refractivity contribution in [2.75, 3.05) is 39.9 Å². The molecule has 10 atom stereocenters. The number of carbonyl (C=O) groups is 5. The molecule has 11 rings (SSSR count). The Hall–Kier alpha value is -7.40. The van der Waals surface area contributed by atoms with Gasteiger partial charge >= 0.3 is 0 Å². The Labute approximate surface area is 542 Å². The van der Waals surface area contributed by atoms with Crippen LogP contribution in [0.15, 0.2) is 84.9 Å². The molecule has 6 aliphatic rings. The van der Waals surface area contributed by atoms with Gasteiger partial charge < -0.3 is 51.8 Å². The van der Waals surface area contributed by atoms with Crippen LogP contribution >= 0.6 is 0 Å². The quantitative estimate of drug-likeness (QED) is 0.0419. The summed E-state index contributed by atoms with van der Waals surface area (Å²) < 4.78 is 18.7. The van der Waals surface area contributed by atoms with Crippen molar-refractivity contribution in [1.82, 2.24) is 20.2 Å². The van der Waals surface area contributed by atoms with Crippen molar-refractivity contribution >= 4 is 29.2 Å². The summed E-state index contributed by atoms with van der Waals surface area (Å²) in [5, 5.41) is 30.7. The van der Waals surface area contributed by atoms with Gasteiger partial charge in [0.05, 0.1) is 47.4 Å². The van der Waals surface area contributed by atoms with Gasteiger partial charge in [0.15, 0.2) is 23.2 Å². The summed E-state index contributed by atoms with van der Waals surface area (Å²) in [6.07, 6.45) is 16.7. The van der Waals surface area contributed by atoms with Gasteiger partial charge in [-0.2, -0.15) is 5.26 Å². The molecule has 5 aliphatic carbocycles. The van der Waals surface area contributed by atoms with Gasteiger partial charge in [-0.25, -0.2) is 9.97 Å². The summed E-state index contributed by atoms with van der Waals surface area (Å²) in [6.45, 7) is 5.94. The number of aliphatic hydroxyl groups is 2. The van der Waals surface area contributed by atoms with Crippen molar-refractivity contribution in [2.45, 2.75) is 180 Å². The number of aryl methyl sites for hydroxylation is 2. The lowest BCUT2D eigenvalue weighted by Gasteiger charge is -2.32. The number of carbonyl (C=O) groups excluding carboxylic acids is 5. The predicted octanol–water partition coefficient (Wildman–Crippen LogP) is 9.79. The van der Waals surface area contributed by atoms with Crippen molar-refractivity contribution in [3.8, 4) is 45.8 Å². The van der Waals surface area contributed by atoms with Crippen molar-refractivity contribution in [2.24, 2.45) is 52.7 Å². The van der Waals surface area contributed by atoms with E-state index in [-0.39, 0.29) is 101 Å². The molecule has 9 N–H and O–H groups in total. The number of fused-ring (bicyclic) bond motifs is 8. The molecule has 4 fully saturated rings. The number of benzene rings is 4. The normalized spacial score (nSPS) is 23.7. The Morgan fingerprint density at radius 2 is 1.28 bits per heavy atom. The molecule has 492 valence electrons. The first-order valence-corrected chi connectivity index (χ1v) is 33.7. The minimum atomic E-state index is -1.25. The maximum atomic E-state index is 14.9. The van der Waals surface area contributed by atoms with Gasteiger partial charge in [-0.1, -0.05) is 94.7 Å². The fraction of sp³-hybridized carbons (Fsp3) is 0.541. The van der Waals surface area contributed by atoms with E-state index in [1.165, 1.54) is 74.4 Å². The number of likely N-dealkylation sites (N-methyl/N-ethyl adjacent to an activating group) is 1. The van der Waals surface area contributed by atoms with Crippen LogP contribution in [-0.4, -0.2) is 118 Å². The third-order valence-electron chi connectivity index (χ3n) is 19.7. The number of amides is 2. The van der Waals surface area contributed by atoms with Crippen LogP contribution < -0.4 is 36.7 Å². The number of hydrogen-bond acceptors (Lipinski definition) is 16. The zero-order chi connectivity index (χ0) is 65.4. The van der Waals surface area contributed by atoms with E-state index in [0.29, 0.717) is 56.5 Å². The molecule has 1 aliphatic heterocycles. The third-order valence-corrected chi connectivity index (χ3v) is 19.7. The Morgan fingerprint density at radius 3 is 1.85 bits per heavy atom. The standard InChI is InChI=1S/C56H70N8O8.C9H16O.C9H10O/c1-33-26-49(67)53(40-14-18-51(71-25-23-60)45(31-40)44-27-36(11-17-50(44)70-24-22-59)28-46(63-55(33)68)47(65)10-7-20-57)64(4)56(69)41(19-21-58)32-48(66)52-34(2)61-54(62-35(52)3)37-12-15-42(16-13-37)72-43-29-38-8-5-6-9-39(38)30-43;2*10-9-5-7-3-1-2-4-8(7)6-9/h11-18,27,31,33,38-39,41,43,46,53H,5-10,19,21-26,28-30,32,58-60H2,1-4H3,(H,63,68);7-10H,1-6H2;1-4,9-10H,5-6H2/t33-,38-,39+,41-,43?,46+,53+;7-,8+,9?;/m1../s1. The molecule has 2 unspecified atom stereocenters. The zero-order valence-corrected chi connectivity index (χ0v) is 54.3. The smallest absolute Gasteiger partial charge is 0.226 e. The largest absolute Gasteiger partial charge is 0.492 e. The highest BCUT2D eigenvalue weighted by Gasteiger charge is 2.39. The number of ether oxygens (including phenoxy) is 3. The van der Waals surface area contributed by atoms with Crippen LogP contribution in [0.1, 0.15) is 166 Å². The molecule has 0 saturated heterocycles. The van der Waals surface area contributed by atoms with E-state index >= 15 is 0 Å². The Balaban J connectivity index is 0.000000417. The van der Waals surface area contributed by atoms with Gasteiger partial charge in [-0.15, -0.1) is 0 Å². The maximum absolute atomic E-state index is 14.9. The Bertz CT molecular complexity index is 3330. The zero-order valence-electron chi connectivity index (χ0n) is 54.3. The van der Waals surface area contributed by atoms with Gasteiger partial charge in [0.2, 0.25) is 11.8 Å². The SMILES string of the molecule is Cc1nc(-c2ccc(OC3C[C@H]4CCCC[C@H]4C3)cc2)nc(C)c1C(=O)C[C@@H](CCN)C(=O)N(C)[C@@H]1C(=O)C[C@@H](C)C(=O)N[C@H](C(=O)CCC#N)Cc2ccc(OCCN)c(c2)-c2cc1ccc2OCCN.OC1C[C@H]2CCCC[C@H]2C1.OC1Cc2ccccc2C1. The topological polar surface area (TPSA) is 296 Å². The van der Waals surface area contributed by atoms with Gasteiger partial charge in [-0.05, 0) is 166 Å². The number of nitriles is 1. The lowest BCUT2D eigenvalue weighted by atomic mass is 9.82. The summed E-state index contributed by atoms with van der Waals surface area (Å²) in [6, 6.07) is 26.3. The first-order valence-electron chi connectivity index (χ1n) is 33.7. The van der Waals surface area contributed by atoms with Gasteiger partial charge in [0, 0.05) is 74.3 Å². The average molecular weight is 1260 g/mol. The highest BCUT2D eigenvalue weighted by atomic mass is 16.5. The van der Waals surface area contributed by atoms with Crippen LogP contribution in [0.4, 0.5) is 0 Å². The molecule has 4 aromatic carbocycles. The summed E-state index contributed by atoms with van der Waals surface area (Å²) in [4.78, 5) is 82.4. The van der Waals surface area contributed by atoms with Crippen molar-refractivity contribution < 1.29 is 48.4 Å². The van der Waals surface area contributed by atoms with E-state index < -0.39 is 41.5 Å². The number of nitrogens with one attached hydrogen (secondary N) is 1. The second kappa shape index (κ2) is 32.9. The highest BCUT2D eigenvalue weighted by molar-refractivity contribution is 6.01. The molecule has 18 nitrogen and oxygen atoms in total. The van der Waals surface area contributed by atoms with E-state index in [2.05, 4.69) is 17.4 Å². The third kappa shape index (κ3) is 17.6. The number of Topliss-reactive ketones (excluding diaryl/α,β-unsaturated/α-hetero) is 3. The van der Waals surface area contributed by atoms with E-state index in [0.717, 1.165) is 73.5 Å². The number of rotatable bonds is 19. The molecule has 2 amide bonds. The molecule has 5 aromatic rings. The van der Waals surface area contributed by atoms with Gasteiger partial charge in [0.25, 0.3) is 0 Å². The van der Waals surface area contributed by atoms with Gasteiger partial charge in [-0.3, -0.25) is 24.0 Å². The van der Waals surface area contributed by atoms with Crippen molar-refractivity contribution in [3.63, 3.8) is 0 Å². The summed E-state index contributed by atoms with van der Waals surface area (Å²) >= 11 is 0. The van der Waals surface area contributed by atoms with Crippen molar-refractivity contribution in [1.29, 1.82) is 5.26 Å². The summed E-state index contributed by atoms with van der Waals surface area (Å²) in [7, 11) is 1.51. The number of aliphatic hydroxyl groups excluding tert-OH is 2. The summed E-state index contributed by atoms with van der Waals surface area (Å²) in [5.74, 6) is 1.42. The van der Waals surface area contributed by atoms with E-state index in [4.69, 9.17) is 41.4 Å². The van der Waals surface area contributed by atoms with Crippen LogP contribution in [0.5, 0.6) is 17.2 Å². The molecular weight excluding hydrogens is 1160 g/mol. The van der Waals surface area contributed by atoms with E-state index in [9.17, 15) is 39.4 Å². The molecule has 92 heavy (non-hydrogen) atoms. The maximum Gasteiger partial charge on any atom is 0.226 e. The number of nitrogens with zero attached hydrogens (tertiary/aromatic N) is 4. The van der Waals surface area contributed by atoms with E-state index in [1.54, 1.807) is 51.1 Å². The number of aromatic nitrogens is 2. The highest BCUT2D eigenvalue weighted by Crippen LogP contribution is 2.45. The predicted molar refractivity (Wildman–Crippen MR) is 353 cm³/mol. The second-order valence-corrected chi connectivity index (χ2v) is 26.5. The number of nitrogens with two attached hydrogens (primary N) is 3. The first kappa shape index (κ1) is 69.0.